The molecule has 0 radical (unpaired) electrons. The van der Waals surface area contributed by atoms with Crippen LogP contribution in [0.1, 0.15) is 40.9 Å². The van der Waals surface area contributed by atoms with Gasteiger partial charge in [0.15, 0.2) is 11.6 Å². The SMILES string of the molecule is CC/C=C/c1nc(C(=O)c2ccccc2)nn1Cc1ccc(-c2ccccc2-c2nnn[nH]2)cc1. The van der Waals surface area contributed by atoms with Crippen LogP contribution in [0.5, 0.6) is 0 Å². The number of rotatable bonds is 8. The predicted octanol–water partition coefficient (Wildman–Crippen LogP) is 4.83. The zero-order valence-corrected chi connectivity index (χ0v) is 19.2. The highest BCUT2D eigenvalue weighted by molar-refractivity contribution is 6.06. The average Bonchev–Trinajstić information content (AvgIpc) is 3.59. The van der Waals surface area contributed by atoms with Crippen molar-refractivity contribution >= 4 is 11.9 Å². The van der Waals surface area contributed by atoms with Gasteiger partial charge in [-0.2, -0.15) is 0 Å². The molecule has 3 aromatic carbocycles. The van der Waals surface area contributed by atoms with Gasteiger partial charge in [0.2, 0.25) is 11.6 Å². The largest absolute Gasteiger partial charge is 0.285 e. The summed E-state index contributed by atoms with van der Waals surface area (Å²) in [6.07, 6.45) is 4.78. The minimum Gasteiger partial charge on any atom is -0.285 e. The number of allylic oxidation sites excluding steroid dienone is 1. The number of hydrogen-bond acceptors (Lipinski definition) is 6. The number of carbonyl (C=O) groups excluding carboxylic acids is 1. The van der Waals surface area contributed by atoms with Crippen LogP contribution in [0.2, 0.25) is 0 Å². The maximum Gasteiger partial charge on any atom is 0.232 e. The summed E-state index contributed by atoms with van der Waals surface area (Å²) in [5.41, 5.74) is 4.62. The summed E-state index contributed by atoms with van der Waals surface area (Å²) in [6, 6.07) is 25.3. The molecule has 0 spiro atoms. The third-order valence-corrected chi connectivity index (χ3v) is 5.57. The van der Waals surface area contributed by atoms with Gasteiger partial charge < -0.3 is 0 Å². The second-order valence-corrected chi connectivity index (χ2v) is 7.95. The molecule has 172 valence electrons. The van der Waals surface area contributed by atoms with E-state index in [2.05, 4.69) is 61.9 Å². The van der Waals surface area contributed by atoms with E-state index >= 15 is 0 Å². The molecule has 8 nitrogen and oxygen atoms in total. The van der Waals surface area contributed by atoms with E-state index in [1.54, 1.807) is 16.8 Å². The highest BCUT2D eigenvalue weighted by Crippen LogP contribution is 2.29. The van der Waals surface area contributed by atoms with Crippen LogP contribution < -0.4 is 0 Å². The fourth-order valence-electron chi connectivity index (χ4n) is 3.81. The third kappa shape index (κ3) is 4.81. The Morgan fingerprint density at radius 3 is 2.40 bits per heavy atom. The number of H-pyrrole nitrogens is 1. The normalized spacial score (nSPS) is 11.2. The second kappa shape index (κ2) is 10.0. The van der Waals surface area contributed by atoms with Gasteiger partial charge in [-0.15, -0.1) is 10.2 Å². The molecule has 0 bridgehead atoms. The molecule has 0 saturated carbocycles. The summed E-state index contributed by atoms with van der Waals surface area (Å²) >= 11 is 0. The zero-order chi connectivity index (χ0) is 24.0. The van der Waals surface area contributed by atoms with E-state index in [9.17, 15) is 4.79 Å². The van der Waals surface area contributed by atoms with Gasteiger partial charge in [-0.25, -0.2) is 14.8 Å². The Bertz CT molecular complexity index is 1450. The van der Waals surface area contributed by atoms with Gasteiger partial charge in [0.05, 0.1) is 6.54 Å². The van der Waals surface area contributed by atoms with Crippen molar-refractivity contribution in [1.29, 1.82) is 0 Å². The van der Waals surface area contributed by atoms with Gasteiger partial charge in [-0.05, 0) is 39.6 Å². The molecular formula is C27H23N7O. The van der Waals surface area contributed by atoms with Crippen LogP contribution in [0, 0.1) is 0 Å². The molecule has 0 amide bonds. The van der Waals surface area contributed by atoms with Crippen LogP contribution in [0.15, 0.2) is 84.9 Å². The number of carbonyl (C=O) groups is 1. The molecule has 0 saturated heterocycles. The second-order valence-electron chi connectivity index (χ2n) is 7.95. The lowest BCUT2D eigenvalue weighted by atomic mass is 9.98. The topological polar surface area (TPSA) is 102 Å². The number of ketones is 1. The fraction of sp³-hybridized carbons (Fsp3) is 0.111. The highest BCUT2D eigenvalue weighted by Gasteiger charge is 2.17. The molecule has 2 aromatic heterocycles. The van der Waals surface area contributed by atoms with E-state index in [4.69, 9.17) is 0 Å². The Hall–Kier alpha value is -4.72. The van der Waals surface area contributed by atoms with Crippen molar-refractivity contribution < 1.29 is 4.79 Å². The predicted molar refractivity (Wildman–Crippen MR) is 133 cm³/mol. The summed E-state index contributed by atoms with van der Waals surface area (Å²) in [4.78, 5) is 17.4. The van der Waals surface area contributed by atoms with Crippen LogP contribution >= 0.6 is 0 Å². The van der Waals surface area contributed by atoms with Crippen LogP contribution in [0.3, 0.4) is 0 Å². The Kier molecular flexibility index (Phi) is 6.34. The standard InChI is InChI=1S/C27H23N7O/c1-2-3-13-24-28-27(25(35)21-9-5-4-6-10-21)31-34(24)18-19-14-16-20(17-15-19)22-11-7-8-12-23(22)26-29-32-33-30-26/h3-17H,2,18H2,1H3,(H,29,30,32,33)/b13-3+. The maximum atomic E-state index is 12.9. The Balaban J connectivity index is 1.42. The number of nitrogens with zero attached hydrogens (tertiary/aromatic N) is 6. The molecule has 2 heterocycles. The van der Waals surface area contributed by atoms with E-state index < -0.39 is 0 Å². The third-order valence-electron chi connectivity index (χ3n) is 5.57. The molecule has 1 N–H and O–H groups in total. The molecule has 8 heteroatoms. The molecule has 0 aliphatic carbocycles. The highest BCUT2D eigenvalue weighted by atomic mass is 16.1. The van der Waals surface area contributed by atoms with Gasteiger partial charge in [-0.3, -0.25) is 4.79 Å². The first-order chi connectivity index (χ1) is 17.2. The van der Waals surface area contributed by atoms with Gasteiger partial charge in [-0.1, -0.05) is 91.9 Å². The van der Waals surface area contributed by atoms with Gasteiger partial charge >= 0.3 is 0 Å². The number of tetrazole rings is 1. The van der Waals surface area contributed by atoms with Crippen molar-refractivity contribution in [3.8, 4) is 22.5 Å². The van der Waals surface area contributed by atoms with E-state index in [0.717, 1.165) is 28.7 Å². The van der Waals surface area contributed by atoms with E-state index in [1.807, 2.05) is 54.6 Å². The molecule has 5 rings (SSSR count). The summed E-state index contributed by atoms with van der Waals surface area (Å²) in [7, 11) is 0. The Morgan fingerprint density at radius 2 is 1.69 bits per heavy atom. The van der Waals surface area contributed by atoms with E-state index in [0.29, 0.717) is 23.8 Å². The van der Waals surface area contributed by atoms with Crippen molar-refractivity contribution in [2.75, 3.05) is 0 Å². The first-order valence-electron chi connectivity index (χ1n) is 11.4. The average molecular weight is 462 g/mol. The molecule has 0 aliphatic heterocycles. The zero-order valence-electron chi connectivity index (χ0n) is 19.2. The summed E-state index contributed by atoms with van der Waals surface area (Å²) in [5.74, 6) is 1.27. The smallest absolute Gasteiger partial charge is 0.232 e. The van der Waals surface area contributed by atoms with Crippen molar-refractivity contribution in [2.45, 2.75) is 19.9 Å². The van der Waals surface area contributed by atoms with Gasteiger partial charge in [0, 0.05) is 11.1 Å². The molecule has 0 unspecified atom stereocenters. The first kappa shape index (κ1) is 22.1. The molecule has 0 atom stereocenters. The molecule has 5 aromatic rings. The number of nitrogens with one attached hydrogen (secondary N) is 1. The number of aromatic nitrogens is 7. The van der Waals surface area contributed by atoms with Crippen molar-refractivity contribution in [1.82, 2.24) is 35.4 Å². The fourth-order valence-corrected chi connectivity index (χ4v) is 3.81. The summed E-state index contributed by atoms with van der Waals surface area (Å²) in [6.45, 7) is 2.55. The summed E-state index contributed by atoms with van der Waals surface area (Å²) in [5, 5.41) is 18.8. The molecule has 0 fully saturated rings. The number of aromatic amines is 1. The quantitative estimate of drug-likeness (QED) is 0.332. The van der Waals surface area contributed by atoms with Crippen LogP contribution in [0.25, 0.3) is 28.6 Å². The lowest BCUT2D eigenvalue weighted by molar-refractivity contribution is 0.102. The number of hydrogen-bond donors (Lipinski definition) is 1. The maximum absolute atomic E-state index is 12.9. The molecular weight excluding hydrogens is 438 g/mol. The Labute approximate surface area is 202 Å². The monoisotopic (exact) mass is 461 g/mol. The number of benzene rings is 3. The molecule has 0 aliphatic rings. The van der Waals surface area contributed by atoms with Crippen LogP contribution in [0.4, 0.5) is 0 Å². The van der Waals surface area contributed by atoms with Gasteiger partial charge in [0.1, 0.15) is 0 Å². The van der Waals surface area contributed by atoms with E-state index in [-0.39, 0.29) is 11.6 Å². The van der Waals surface area contributed by atoms with Crippen molar-refractivity contribution in [3.05, 3.63) is 108 Å². The van der Waals surface area contributed by atoms with Crippen LogP contribution in [-0.2, 0) is 6.54 Å². The minimum atomic E-state index is -0.190. The van der Waals surface area contributed by atoms with Crippen LogP contribution in [-0.4, -0.2) is 41.2 Å². The lowest BCUT2D eigenvalue weighted by Gasteiger charge is -2.09. The lowest BCUT2D eigenvalue weighted by Crippen LogP contribution is -2.07. The molecule has 35 heavy (non-hydrogen) atoms. The summed E-state index contributed by atoms with van der Waals surface area (Å²) < 4.78 is 1.77. The van der Waals surface area contributed by atoms with Crippen molar-refractivity contribution in [2.24, 2.45) is 0 Å². The first-order valence-corrected chi connectivity index (χ1v) is 11.4. The van der Waals surface area contributed by atoms with Crippen molar-refractivity contribution in [3.63, 3.8) is 0 Å². The Morgan fingerprint density at radius 1 is 0.943 bits per heavy atom. The van der Waals surface area contributed by atoms with Gasteiger partial charge in [0.25, 0.3) is 0 Å². The minimum absolute atomic E-state index is 0.190. The van der Waals surface area contributed by atoms with E-state index in [1.165, 1.54) is 0 Å².